The van der Waals surface area contributed by atoms with Crippen LogP contribution in [-0.4, -0.2) is 6.04 Å². The molecule has 2 aliphatic rings. The molecule has 1 aliphatic carbocycles. The molecule has 1 heteroatoms. The Bertz CT molecular complexity index is 436. The van der Waals surface area contributed by atoms with E-state index in [-0.39, 0.29) is 5.54 Å². The maximum absolute atomic E-state index is 4.21. The van der Waals surface area contributed by atoms with Crippen molar-refractivity contribution in [3.63, 3.8) is 0 Å². The zero-order chi connectivity index (χ0) is 12.0. The van der Waals surface area contributed by atoms with Gasteiger partial charge in [0.25, 0.3) is 0 Å². The van der Waals surface area contributed by atoms with Gasteiger partial charge in [-0.3, -0.25) is 0 Å². The minimum atomic E-state index is 0.199. The Kier molecular flexibility index (Phi) is 2.41. The van der Waals surface area contributed by atoms with Gasteiger partial charge in [0, 0.05) is 12.0 Å². The van der Waals surface area contributed by atoms with Crippen molar-refractivity contribution < 1.29 is 0 Å². The van der Waals surface area contributed by atoms with Gasteiger partial charge in [-0.2, -0.15) is 0 Å². The molecule has 0 radical (unpaired) electrons. The van der Waals surface area contributed by atoms with Gasteiger partial charge in [-0.25, -0.2) is 0 Å². The van der Waals surface area contributed by atoms with Crippen LogP contribution in [0, 0.1) is 11.8 Å². The van der Waals surface area contributed by atoms with Gasteiger partial charge >= 0.3 is 0 Å². The van der Waals surface area contributed by atoms with Crippen LogP contribution in [0.1, 0.15) is 32.3 Å². The average Bonchev–Trinajstić information content (AvgIpc) is 3.08. The third-order valence-electron chi connectivity index (χ3n) is 4.68. The first-order valence-corrected chi connectivity index (χ1v) is 6.65. The monoisotopic (exact) mass is 227 g/mol. The molecule has 90 valence electrons. The summed E-state index contributed by atoms with van der Waals surface area (Å²) in [4.78, 5) is 0. The molecule has 1 aromatic rings. The molecule has 1 saturated heterocycles. The summed E-state index contributed by atoms with van der Waals surface area (Å²) in [6.07, 6.45) is 2.60. The molecule has 0 amide bonds. The van der Waals surface area contributed by atoms with Crippen molar-refractivity contribution in [1.82, 2.24) is 5.32 Å². The topological polar surface area (TPSA) is 21.9 Å². The summed E-state index contributed by atoms with van der Waals surface area (Å²) in [5.41, 5.74) is 2.98. The molecule has 1 heterocycles. The molecule has 1 nitrogen and oxygen atoms in total. The Balaban J connectivity index is 2.02. The molecule has 2 fully saturated rings. The fourth-order valence-corrected chi connectivity index (χ4v) is 3.76. The lowest BCUT2D eigenvalue weighted by molar-refractivity contribution is 0.301. The van der Waals surface area contributed by atoms with Crippen molar-refractivity contribution >= 4 is 0 Å². The van der Waals surface area contributed by atoms with E-state index in [1.165, 1.54) is 24.0 Å². The number of benzene rings is 1. The molecular weight excluding hydrogens is 206 g/mol. The van der Waals surface area contributed by atoms with E-state index >= 15 is 0 Å². The van der Waals surface area contributed by atoms with Gasteiger partial charge in [0.1, 0.15) is 0 Å². The first kappa shape index (κ1) is 11.0. The van der Waals surface area contributed by atoms with Crippen LogP contribution in [0.3, 0.4) is 0 Å². The zero-order valence-corrected chi connectivity index (χ0v) is 10.7. The molecule has 1 N–H and O–H groups in total. The van der Waals surface area contributed by atoms with E-state index in [0.717, 1.165) is 5.92 Å². The first-order chi connectivity index (χ1) is 8.16. The molecule has 0 spiro atoms. The predicted octanol–water partition coefficient (Wildman–Crippen LogP) is 3.48. The van der Waals surface area contributed by atoms with Gasteiger partial charge in [0.2, 0.25) is 0 Å². The minimum absolute atomic E-state index is 0.199. The second-order valence-corrected chi connectivity index (χ2v) is 5.81. The summed E-state index contributed by atoms with van der Waals surface area (Å²) < 4.78 is 0. The molecule has 4 unspecified atom stereocenters. The van der Waals surface area contributed by atoms with Crippen molar-refractivity contribution in [3.8, 4) is 0 Å². The Labute approximate surface area is 104 Å². The average molecular weight is 227 g/mol. The largest absolute Gasteiger partial charge is 0.300 e. The smallest absolute Gasteiger partial charge is 0.0661 e. The summed E-state index contributed by atoms with van der Waals surface area (Å²) in [5, 5.41) is 3.78. The molecule has 0 aromatic heterocycles. The molecule has 1 aromatic carbocycles. The van der Waals surface area contributed by atoms with Gasteiger partial charge in [-0.15, -0.1) is 0 Å². The highest BCUT2D eigenvalue weighted by atomic mass is 15.2. The van der Waals surface area contributed by atoms with Gasteiger partial charge in [0.05, 0.1) is 5.54 Å². The van der Waals surface area contributed by atoms with Gasteiger partial charge < -0.3 is 5.32 Å². The molecule has 1 saturated carbocycles. The second kappa shape index (κ2) is 3.71. The summed E-state index contributed by atoms with van der Waals surface area (Å²) in [5.74, 6) is 1.39. The van der Waals surface area contributed by atoms with Crippen LogP contribution in [0.2, 0.25) is 0 Å². The van der Waals surface area contributed by atoms with E-state index in [1.807, 2.05) is 0 Å². The Hall–Kier alpha value is -1.08. The number of hydrogen-bond donors (Lipinski definition) is 1. The van der Waals surface area contributed by atoms with Crippen LogP contribution in [-0.2, 0) is 5.54 Å². The van der Waals surface area contributed by atoms with Crippen molar-refractivity contribution in [2.75, 3.05) is 0 Å². The fourth-order valence-electron chi connectivity index (χ4n) is 3.76. The van der Waals surface area contributed by atoms with Crippen LogP contribution >= 0.6 is 0 Å². The third kappa shape index (κ3) is 1.49. The second-order valence-electron chi connectivity index (χ2n) is 5.81. The lowest BCUT2D eigenvalue weighted by Gasteiger charge is -2.33. The van der Waals surface area contributed by atoms with Crippen LogP contribution < -0.4 is 5.32 Å². The number of fused-ring (bicyclic) bond motifs is 1. The van der Waals surface area contributed by atoms with Gasteiger partial charge in [-0.1, -0.05) is 49.4 Å². The molecular formula is C16H21N. The first-order valence-electron chi connectivity index (χ1n) is 6.65. The lowest BCUT2D eigenvalue weighted by atomic mass is 9.69. The normalized spacial score (nSPS) is 39.5. The maximum atomic E-state index is 4.21. The Morgan fingerprint density at radius 3 is 2.65 bits per heavy atom. The highest BCUT2D eigenvalue weighted by Gasteiger charge is 2.63. The molecule has 3 rings (SSSR count). The van der Waals surface area contributed by atoms with Crippen molar-refractivity contribution in [2.45, 2.75) is 38.3 Å². The molecule has 0 bridgehead atoms. The Morgan fingerprint density at radius 1 is 1.29 bits per heavy atom. The summed E-state index contributed by atoms with van der Waals surface area (Å²) in [7, 11) is 0. The quantitative estimate of drug-likeness (QED) is 0.606. The van der Waals surface area contributed by atoms with E-state index in [2.05, 4.69) is 56.1 Å². The Morgan fingerprint density at radius 2 is 2.00 bits per heavy atom. The zero-order valence-electron chi connectivity index (χ0n) is 10.7. The van der Waals surface area contributed by atoms with Crippen molar-refractivity contribution in [2.24, 2.45) is 11.8 Å². The van der Waals surface area contributed by atoms with Crippen LogP contribution in [0.25, 0.3) is 0 Å². The van der Waals surface area contributed by atoms with E-state index < -0.39 is 0 Å². The van der Waals surface area contributed by atoms with E-state index in [0.29, 0.717) is 12.0 Å². The lowest BCUT2D eigenvalue weighted by Crippen LogP contribution is -2.33. The van der Waals surface area contributed by atoms with Crippen LogP contribution in [0.15, 0.2) is 42.5 Å². The fraction of sp³-hybridized carbons (Fsp3) is 0.500. The summed E-state index contributed by atoms with van der Waals surface area (Å²) >= 11 is 0. The maximum Gasteiger partial charge on any atom is 0.0661 e. The summed E-state index contributed by atoms with van der Waals surface area (Å²) in [6, 6.07) is 11.6. The van der Waals surface area contributed by atoms with Crippen molar-refractivity contribution in [3.05, 3.63) is 48.0 Å². The highest BCUT2D eigenvalue weighted by Crippen LogP contribution is 2.55. The van der Waals surface area contributed by atoms with E-state index in [9.17, 15) is 0 Å². The van der Waals surface area contributed by atoms with E-state index in [4.69, 9.17) is 0 Å². The number of rotatable bonds is 2. The third-order valence-corrected chi connectivity index (χ3v) is 4.68. The number of nitrogens with one attached hydrogen (secondary N) is 1. The van der Waals surface area contributed by atoms with Crippen molar-refractivity contribution in [1.29, 1.82) is 0 Å². The SMILES string of the molecule is C=C(C)C1CCC(C)C2NC12c1ccccc1. The van der Waals surface area contributed by atoms with Crippen LogP contribution in [0.4, 0.5) is 0 Å². The van der Waals surface area contributed by atoms with Crippen LogP contribution in [0.5, 0.6) is 0 Å². The molecule has 17 heavy (non-hydrogen) atoms. The summed E-state index contributed by atoms with van der Waals surface area (Å²) in [6.45, 7) is 8.77. The van der Waals surface area contributed by atoms with Gasteiger partial charge in [-0.05, 0) is 31.2 Å². The minimum Gasteiger partial charge on any atom is -0.300 e. The number of hydrogen-bond acceptors (Lipinski definition) is 1. The molecule has 1 aliphatic heterocycles. The van der Waals surface area contributed by atoms with E-state index in [1.54, 1.807) is 0 Å². The predicted molar refractivity (Wildman–Crippen MR) is 71.7 cm³/mol. The standard InChI is InChI=1S/C16H21N/c1-11(2)14-10-9-12(3)15-16(14,17-15)13-7-5-4-6-8-13/h4-8,12,14-15,17H,1,9-10H2,2-3H3. The highest BCUT2D eigenvalue weighted by molar-refractivity contribution is 5.40. The van der Waals surface area contributed by atoms with Gasteiger partial charge in [0.15, 0.2) is 0 Å². The molecule has 4 atom stereocenters.